The molecule has 1 aromatic rings. The largest absolute Gasteiger partial charge is 0.389 e. The van der Waals surface area contributed by atoms with Crippen LogP contribution >= 0.6 is 0 Å². The lowest BCUT2D eigenvalue weighted by Gasteiger charge is -2.06. The van der Waals surface area contributed by atoms with E-state index in [1.54, 1.807) is 0 Å². The van der Waals surface area contributed by atoms with Gasteiger partial charge in [-0.3, -0.25) is 0 Å². The molecule has 0 aliphatic heterocycles. The Hall–Kier alpha value is -0.820. The molecule has 1 saturated carbocycles. The second-order valence-electron chi connectivity index (χ2n) is 3.62. The average molecular weight is 162 g/mol. The van der Waals surface area contributed by atoms with Crippen LogP contribution in [-0.2, 0) is 0 Å². The van der Waals surface area contributed by atoms with Crippen molar-refractivity contribution in [3.05, 3.63) is 35.4 Å². The van der Waals surface area contributed by atoms with E-state index in [4.69, 9.17) is 0 Å². The first-order valence-corrected chi connectivity index (χ1v) is 4.55. The van der Waals surface area contributed by atoms with Crippen molar-refractivity contribution in [1.82, 2.24) is 0 Å². The lowest BCUT2D eigenvalue weighted by Crippen LogP contribution is -1.91. The van der Waals surface area contributed by atoms with Gasteiger partial charge in [0, 0.05) is 0 Å². The second-order valence-corrected chi connectivity index (χ2v) is 3.62. The summed E-state index contributed by atoms with van der Waals surface area (Å²) in [6.07, 6.45) is 2.32. The molecule has 1 aliphatic rings. The predicted octanol–water partition coefficient (Wildman–Crippen LogP) is 2.62. The van der Waals surface area contributed by atoms with Crippen molar-refractivity contribution in [2.24, 2.45) is 0 Å². The summed E-state index contributed by atoms with van der Waals surface area (Å²) in [4.78, 5) is 0. The SMILES string of the molecule is C[C@@H](O)c1cccc(C2CC2)c1. The molecule has 2 rings (SSSR count). The van der Waals surface area contributed by atoms with Crippen molar-refractivity contribution < 1.29 is 5.11 Å². The molecular weight excluding hydrogens is 148 g/mol. The van der Waals surface area contributed by atoms with Gasteiger partial charge in [-0.25, -0.2) is 0 Å². The Kier molecular flexibility index (Phi) is 1.89. The van der Waals surface area contributed by atoms with Gasteiger partial charge in [0.1, 0.15) is 0 Å². The Labute approximate surface area is 73.0 Å². The third-order valence-electron chi connectivity index (χ3n) is 2.44. The van der Waals surface area contributed by atoms with Crippen molar-refractivity contribution >= 4 is 0 Å². The van der Waals surface area contributed by atoms with Crippen LogP contribution in [0.2, 0.25) is 0 Å². The molecule has 0 radical (unpaired) electrons. The summed E-state index contributed by atoms with van der Waals surface area (Å²) in [6, 6.07) is 8.30. The highest BCUT2D eigenvalue weighted by Crippen LogP contribution is 2.40. The first kappa shape index (κ1) is 7.81. The molecule has 0 spiro atoms. The summed E-state index contributed by atoms with van der Waals surface area (Å²) >= 11 is 0. The molecule has 1 aliphatic carbocycles. The zero-order valence-corrected chi connectivity index (χ0v) is 7.33. The standard InChI is InChI=1S/C11H14O/c1-8(12)10-3-2-4-11(7-10)9-5-6-9/h2-4,7-9,12H,5-6H2,1H3/t8-/m1/s1. The number of aliphatic hydroxyl groups is 1. The Morgan fingerprint density at radius 3 is 2.75 bits per heavy atom. The van der Waals surface area contributed by atoms with Gasteiger partial charge in [0.2, 0.25) is 0 Å². The lowest BCUT2D eigenvalue weighted by molar-refractivity contribution is 0.199. The Morgan fingerprint density at radius 2 is 2.17 bits per heavy atom. The predicted molar refractivity (Wildman–Crippen MR) is 49.1 cm³/mol. The fourth-order valence-corrected chi connectivity index (χ4v) is 1.49. The van der Waals surface area contributed by atoms with Gasteiger partial charge in [0.15, 0.2) is 0 Å². The summed E-state index contributed by atoms with van der Waals surface area (Å²) in [5.74, 6) is 0.781. The zero-order valence-electron chi connectivity index (χ0n) is 7.33. The van der Waals surface area contributed by atoms with Gasteiger partial charge in [-0.2, -0.15) is 0 Å². The van der Waals surface area contributed by atoms with Gasteiger partial charge in [0.25, 0.3) is 0 Å². The number of benzene rings is 1. The van der Waals surface area contributed by atoms with Crippen LogP contribution < -0.4 is 0 Å². The van der Waals surface area contributed by atoms with Crippen LogP contribution in [0.15, 0.2) is 24.3 Å². The minimum Gasteiger partial charge on any atom is -0.389 e. The van der Waals surface area contributed by atoms with Gasteiger partial charge in [0.05, 0.1) is 6.10 Å². The van der Waals surface area contributed by atoms with Crippen molar-refractivity contribution in [3.8, 4) is 0 Å². The summed E-state index contributed by atoms with van der Waals surface area (Å²) in [6.45, 7) is 1.81. The van der Waals surface area contributed by atoms with Crippen molar-refractivity contribution in [2.45, 2.75) is 31.8 Å². The molecule has 0 amide bonds. The van der Waals surface area contributed by atoms with Crippen molar-refractivity contribution in [3.63, 3.8) is 0 Å². The molecular formula is C11H14O. The van der Waals surface area contributed by atoms with Crippen LogP contribution in [-0.4, -0.2) is 5.11 Å². The fourth-order valence-electron chi connectivity index (χ4n) is 1.49. The topological polar surface area (TPSA) is 20.2 Å². The molecule has 1 atom stereocenters. The Bertz CT molecular complexity index is 257. The number of rotatable bonds is 2. The van der Waals surface area contributed by atoms with E-state index in [-0.39, 0.29) is 6.10 Å². The van der Waals surface area contributed by atoms with E-state index >= 15 is 0 Å². The molecule has 1 fully saturated rings. The van der Waals surface area contributed by atoms with Gasteiger partial charge in [-0.1, -0.05) is 24.3 Å². The summed E-state index contributed by atoms with van der Waals surface area (Å²) in [7, 11) is 0. The van der Waals surface area contributed by atoms with Crippen LogP contribution in [0.5, 0.6) is 0 Å². The van der Waals surface area contributed by atoms with E-state index in [9.17, 15) is 5.11 Å². The minimum atomic E-state index is -0.330. The third-order valence-corrected chi connectivity index (χ3v) is 2.44. The fraction of sp³-hybridized carbons (Fsp3) is 0.455. The lowest BCUT2D eigenvalue weighted by atomic mass is 10.0. The molecule has 0 saturated heterocycles. The van der Waals surface area contributed by atoms with E-state index in [0.717, 1.165) is 11.5 Å². The monoisotopic (exact) mass is 162 g/mol. The maximum atomic E-state index is 9.35. The molecule has 12 heavy (non-hydrogen) atoms. The van der Waals surface area contributed by atoms with Crippen molar-refractivity contribution in [1.29, 1.82) is 0 Å². The molecule has 1 N–H and O–H groups in total. The molecule has 1 heteroatoms. The normalized spacial score (nSPS) is 19.2. The zero-order chi connectivity index (χ0) is 8.55. The highest BCUT2D eigenvalue weighted by Gasteiger charge is 2.23. The van der Waals surface area contributed by atoms with Crippen LogP contribution in [0.4, 0.5) is 0 Å². The maximum absolute atomic E-state index is 9.35. The highest BCUT2D eigenvalue weighted by molar-refractivity contribution is 5.29. The minimum absolute atomic E-state index is 0.330. The molecule has 64 valence electrons. The Balaban J connectivity index is 2.26. The highest BCUT2D eigenvalue weighted by atomic mass is 16.3. The van der Waals surface area contributed by atoms with Crippen LogP contribution in [0.25, 0.3) is 0 Å². The first-order chi connectivity index (χ1) is 5.77. The molecule has 0 bridgehead atoms. The molecule has 0 unspecified atom stereocenters. The Morgan fingerprint density at radius 1 is 1.42 bits per heavy atom. The van der Waals surface area contributed by atoms with Crippen molar-refractivity contribution in [2.75, 3.05) is 0 Å². The van der Waals surface area contributed by atoms with Gasteiger partial charge in [-0.05, 0) is 36.8 Å². The van der Waals surface area contributed by atoms with E-state index < -0.39 is 0 Å². The molecule has 0 heterocycles. The van der Waals surface area contributed by atoms with Crippen LogP contribution in [0.3, 0.4) is 0 Å². The molecule has 0 aromatic heterocycles. The van der Waals surface area contributed by atoms with Crippen LogP contribution in [0, 0.1) is 0 Å². The van der Waals surface area contributed by atoms with Gasteiger partial charge < -0.3 is 5.11 Å². The van der Waals surface area contributed by atoms with E-state index in [1.807, 2.05) is 19.1 Å². The average Bonchev–Trinajstić information content (AvgIpc) is 2.87. The quantitative estimate of drug-likeness (QED) is 0.708. The number of hydrogen-bond acceptors (Lipinski definition) is 1. The smallest absolute Gasteiger partial charge is 0.0762 e. The number of hydrogen-bond donors (Lipinski definition) is 1. The van der Waals surface area contributed by atoms with E-state index in [1.165, 1.54) is 18.4 Å². The maximum Gasteiger partial charge on any atom is 0.0762 e. The third kappa shape index (κ3) is 1.51. The molecule has 1 nitrogen and oxygen atoms in total. The first-order valence-electron chi connectivity index (χ1n) is 4.55. The van der Waals surface area contributed by atoms with Gasteiger partial charge in [-0.15, -0.1) is 0 Å². The second kappa shape index (κ2) is 2.91. The summed E-state index contributed by atoms with van der Waals surface area (Å²) in [5, 5.41) is 9.35. The van der Waals surface area contributed by atoms with Gasteiger partial charge >= 0.3 is 0 Å². The summed E-state index contributed by atoms with van der Waals surface area (Å²) < 4.78 is 0. The van der Waals surface area contributed by atoms with Crippen LogP contribution in [0.1, 0.15) is 42.9 Å². The van der Waals surface area contributed by atoms with E-state index in [2.05, 4.69) is 12.1 Å². The molecule has 1 aromatic carbocycles. The summed E-state index contributed by atoms with van der Waals surface area (Å²) in [5.41, 5.74) is 2.44. The number of aliphatic hydroxyl groups excluding tert-OH is 1. The van der Waals surface area contributed by atoms with E-state index in [0.29, 0.717) is 0 Å².